The number of hydrogen-bond acceptors (Lipinski definition) is 4. The zero-order valence-electron chi connectivity index (χ0n) is 11.3. The molecular weight excluding hydrogens is 331 g/mol. The number of nitrogens with one attached hydrogen (secondary N) is 1. The Balaban J connectivity index is 2.36. The minimum Gasteiger partial charge on any atom is -0.495 e. The van der Waals surface area contributed by atoms with Gasteiger partial charge in [-0.15, -0.1) is 0 Å². The fraction of sp³-hybridized carbons (Fsp3) is 0.0714. The Kier molecular flexibility index (Phi) is 4.85. The van der Waals surface area contributed by atoms with Crippen molar-refractivity contribution in [3.63, 3.8) is 0 Å². The summed E-state index contributed by atoms with van der Waals surface area (Å²) in [6.07, 6.45) is 0. The maximum absolute atomic E-state index is 12.3. The molecule has 0 fully saturated rings. The molecule has 0 aliphatic carbocycles. The number of nitro benzene ring substituents is 1. The predicted octanol–water partition coefficient (Wildman–Crippen LogP) is 4.16. The second kappa shape index (κ2) is 6.64. The number of anilines is 1. The van der Waals surface area contributed by atoms with Gasteiger partial charge in [-0.05, 0) is 24.3 Å². The third-order valence-electron chi connectivity index (χ3n) is 2.82. The van der Waals surface area contributed by atoms with Crippen molar-refractivity contribution in [3.05, 3.63) is 62.1 Å². The Morgan fingerprint density at radius 3 is 2.59 bits per heavy atom. The molecule has 1 N–H and O–H groups in total. The average Bonchev–Trinajstić information content (AvgIpc) is 2.49. The van der Waals surface area contributed by atoms with Gasteiger partial charge in [0.25, 0.3) is 11.6 Å². The number of nitro groups is 1. The lowest BCUT2D eigenvalue weighted by atomic mass is 10.2. The zero-order chi connectivity index (χ0) is 16.3. The van der Waals surface area contributed by atoms with Gasteiger partial charge in [0.05, 0.1) is 28.3 Å². The lowest BCUT2D eigenvalue weighted by molar-refractivity contribution is -0.384. The van der Waals surface area contributed by atoms with Gasteiger partial charge in [-0.25, -0.2) is 0 Å². The van der Waals surface area contributed by atoms with Gasteiger partial charge in [0.1, 0.15) is 5.75 Å². The van der Waals surface area contributed by atoms with Crippen LogP contribution in [0.2, 0.25) is 10.0 Å². The second-order valence-electron chi connectivity index (χ2n) is 4.22. The van der Waals surface area contributed by atoms with Gasteiger partial charge < -0.3 is 10.1 Å². The van der Waals surface area contributed by atoms with Crippen molar-refractivity contribution in [2.24, 2.45) is 0 Å². The van der Waals surface area contributed by atoms with Crippen molar-refractivity contribution < 1.29 is 14.5 Å². The molecule has 0 aromatic heterocycles. The lowest BCUT2D eigenvalue weighted by Gasteiger charge is -2.11. The number of non-ortho nitro benzene ring substituents is 1. The van der Waals surface area contributed by atoms with Crippen LogP contribution in [0.15, 0.2) is 36.4 Å². The van der Waals surface area contributed by atoms with E-state index in [0.29, 0.717) is 5.02 Å². The predicted molar refractivity (Wildman–Crippen MR) is 84.1 cm³/mol. The quantitative estimate of drug-likeness (QED) is 0.669. The highest BCUT2D eigenvalue weighted by molar-refractivity contribution is 6.36. The van der Waals surface area contributed by atoms with Crippen LogP contribution < -0.4 is 10.1 Å². The number of ether oxygens (including phenoxy) is 1. The van der Waals surface area contributed by atoms with Crippen LogP contribution in [0.25, 0.3) is 0 Å². The highest BCUT2D eigenvalue weighted by Gasteiger charge is 2.16. The topological polar surface area (TPSA) is 81.5 Å². The second-order valence-corrected chi connectivity index (χ2v) is 5.06. The molecule has 0 bridgehead atoms. The molecule has 1 amide bonds. The third-order valence-corrected chi connectivity index (χ3v) is 3.38. The van der Waals surface area contributed by atoms with Gasteiger partial charge in [-0.3, -0.25) is 14.9 Å². The number of amides is 1. The third kappa shape index (κ3) is 3.47. The number of halogens is 2. The van der Waals surface area contributed by atoms with Gasteiger partial charge in [0.2, 0.25) is 0 Å². The highest BCUT2D eigenvalue weighted by Crippen LogP contribution is 2.30. The van der Waals surface area contributed by atoms with E-state index in [2.05, 4.69) is 5.32 Å². The van der Waals surface area contributed by atoms with Crippen LogP contribution in [-0.2, 0) is 0 Å². The van der Waals surface area contributed by atoms with Gasteiger partial charge in [-0.1, -0.05) is 23.2 Å². The van der Waals surface area contributed by atoms with Crippen molar-refractivity contribution in [2.45, 2.75) is 0 Å². The van der Waals surface area contributed by atoms with E-state index in [0.717, 1.165) is 0 Å². The molecule has 0 saturated carbocycles. The SMILES string of the molecule is COc1ccc([N+](=O)[O-])cc1NC(=O)c1cc(Cl)ccc1Cl. The van der Waals surface area contributed by atoms with Crippen molar-refractivity contribution in [3.8, 4) is 5.75 Å². The van der Waals surface area contributed by atoms with Crippen molar-refractivity contribution in [1.29, 1.82) is 0 Å². The van der Waals surface area contributed by atoms with E-state index in [4.69, 9.17) is 27.9 Å². The Labute approximate surface area is 135 Å². The summed E-state index contributed by atoms with van der Waals surface area (Å²) in [4.78, 5) is 22.5. The van der Waals surface area contributed by atoms with E-state index in [-0.39, 0.29) is 27.7 Å². The fourth-order valence-electron chi connectivity index (χ4n) is 1.77. The number of rotatable bonds is 4. The summed E-state index contributed by atoms with van der Waals surface area (Å²) in [5.74, 6) is -0.261. The first kappa shape index (κ1) is 16.1. The molecule has 0 heterocycles. The number of carbonyl (C=O) groups excluding carboxylic acids is 1. The summed E-state index contributed by atoms with van der Waals surface area (Å²) in [6, 6.07) is 8.32. The smallest absolute Gasteiger partial charge is 0.271 e. The van der Waals surface area contributed by atoms with Gasteiger partial charge in [0.15, 0.2) is 0 Å². The summed E-state index contributed by atoms with van der Waals surface area (Å²) in [5.41, 5.74) is 0.147. The van der Waals surface area contributed by atoms with E-state index in [1.165, 1.54) is 37.4 Å². The van der Waals surface area contributed by atoms with E-state index >= 15 is 0 Å². The van der Waals surface area contributed by atoms with E-state index in [1.54, 1.807) is 6.07 Å². The molecule has 22 heavy (non-hydrogen) atoms. The Hall–Kier alpha value is -2.31. The first-order valence-electron chi connectivity index (χ1n) is 6.01. The van der Waals surface area contributed by atoms with E-state index < -0.39 is 10.8 Å². The Morgan fingerprint density at radius 2 is 1.95 bits per heavy atom. The summed E-state index contributed by atoms with van der Waals surface area (Å²) in [7, 11) is 1.39. The molecule has 0 radical (unpaired) electrons. The van der Waals surface area contributed by atoms with Gasteiger partial charge >= 0.3 is 0 Å². The maximum Gasteiger partial charge on any atom is 0.271 e. The van der Waals surface area contributed by atoms with Crippen LogP contribution in [-0.4, -0.2) is 17.9 Å². The number of nitrogens with zero attached hydrogens (tertiary/aromatic N) is 1. The van der Waals surface area contributed by atoms with Crippen LogP contribution in [0.3, 0.4) is 0 Å². The number of methoxy groups -OCH3 is 1. The summed E-state index contributed by atoms with van der Waals surface area (Å²) in [5, 5.41) is 13.9. The zero-order valence-corrected chi connectivity index (χ0v) is 12.8. The molecule has 2 aromatic carbocycles. The van der Waals surface area contributed by atoms with Crippen molar-refractivity contribution >= 4 is 40.5 Å². The molecule has 8 heteroatoms. The minimum absolute atomic E-state index is 0.155. The van der Waals surface area contributed by atoms with Gasteiger partial charge in [-0.2, -0.15) is 0 Å². The standard InChI is InChI=1S/C14H10Cl2N2O4/c1-22-13-5-3-9(18(20)21)7-12(13)17-14(19)10-6-8(15)2-4-11(10)16/h2-7H,1H3,(H,17,19). The van der Waals surface area contributed by atoms with Gasteiger partial charge in [0, 0.05) is 17.2 Å². The normalized spacial score (nSPS) is 10.1. The molecule has 6 nitrogen and oxygen atoms in total. The van der Waals surface area contributed by atoms with E-state index in [9.17, 15) is 14.9 Å². The van der Waals surface area contributed by atoms with Crippen molar-refractivity contribution in [1.82, 2.24) is 0 Å². The van der Waals surface area contributed by atoms with Crippen LogP contribution >= 0.6 is 23.2 Å². The molecular formula is C14H10Cl2N2O4. The van der Waals surface area contributed by atoms with Crippen LogP contribution in [0.1, 0.15) is 10.4 Å². The molecule has 2 rings (SSSR count). The van der Waals surface area contributed by atoms with Crippen molar-refractivity contribution in [2.75, 3.05) is 12.4 Å². The lowest BCUT2D eigenvalue weighted by Crippen LogP contribution is -2.13. The molecule has 0 atom stereocenters. The monoisotopic (exact) mass is 340 g/mol. The summed E-state index contributed by atoms with van der Waals surface area (Å²) >= 11 is 11.8. The van der Waals surface area contributed by atoms with Crippen LogP contribution in [0.5, 0.6) is 5.75 Å². The first-order chi connectivity index (χ1) is 10.4. The Morgan fingerprint density at radius 1 is 1.23 bits per heavy atom. The fourth-order valence-corrected chi connectivity index (χ4v) is 2.14. The first-order valence-corrected chi connectivity index (χ1v) is 6.77. The molecule has 0 aliphatic heterocycles. The van der Waals surface area contributed by atoms with Crippen LogP contribution in [0.4, 0.5) is 11.4 Å². The Bertz CT molecular complexity index is 750. The maximum atomic E-state index is 12.3. The molecule has 2 aromatic rings. The summed E-state index contributed by atoms with van der Waals surface area (Å²) < 4.78 is 5.07. The average molecular weight is 341 g/mol. The molecule has 0 saturated heterocycles. The highest BCUT2D eigenvalue weighted by atomic mass is 35.5. The number of hydrogen-bond donors (Lipinski definition) is 1. The number of carbonyl (C=O) groups is 1. The minimum atomic E-state index is -0.568. The molecule has 0 unspecified atom stereocenters. The molecule has 114 valence electrons. The summed E-state index contributed by atoms with van der Waals surface area (Å²) in [6.45, 7) is 0. The number of benzene rings is 2. The molecule has 0 spiro atoms. The van der Waals surface area contributed by atoms with E-state index in [1.807, 2.05) is 0 Å². The van der Waals surface area contributed by atoms with Crippen LogP contribution in [0, 0.1) is 10.1 Å². The molecule has 0 aliphatic rings. The largest absolute Gasteiger partial charge is 0.495 e.